The largest absolute Gasteiger partial charge is 0.285 e. The second kappa shape index (κ2) is 6.48. The zero-order valence-electron chi connectivity index (χ0n) is 10.2. The Balaban J connectivity index is 4.15. The van der Waals surface area contributed by atoms with Gasteiger partial charge in [-0.05, 0) is 24.7 Å². The Kier molecular flexibility index (Phi) is 6.44. The molecule has 0 radical (unpaired) electrons. The van der Waals surface area contributed by atoms with Gasteiger partial charge in [-0.25, -0.2) is 0 Å². The molecule has 0 aliphatic rings. The van der Waals surface area contributed by atoms with Crippen LogP contribution in [0.3, 0.4) is 0 Å². The SMILES string of the molecule is CC(C)CCCC(CC(C)C)S(=O)(=O)O. The fourth-order valence-electron chi connectivity index (χ4n) is 1.67. The fourth-order valence-corrected chi connectivity index (χ4v) is 2.76. The molecule has 0 aromatic carbocycles. The van der Waals surface area contributed by atoms with Crippen molar-refractivity contribution in [3.63, 3.8) is 0 Å². The Labute approximate surface area is 94.0 Å². The Morgan fingerprint density at radius 3 is 1.87 bits per heavy atom. The quantitative estimate of drug-likeness (QED) is 0.691. The van der Waals surface area contributed by atoms with Gasteiger partial charge in [-0.1, -0.05) is 40.5 Å². The van der Waals surface area contributed by atoms with Gasteiger partial charge in [-0.15, -0.1) is 0 Å². The van der Waals surface area contributed by atoms with Crippen LogP contribution in [-0.2, 0) is 10.1 Å². The summed E-state index contributed by atoms with van der Waals surface area (Å²) in [6, 6.07) is 0. The molecular formula is C11H24O3S. The molecule has 15 heavy (non-hydrogen) atoms. The van der Waals surface area contributed by atoms with Crippen LogP contribution in [0.4, 0.5) is 0 Å². The van der Waals surface area contributed by atoms with Gasteiger partial charge in [0.2, 0.25) is 0 Å². The maximum Gasteiger partial charge on any atom is 0.267 e. The van der Waals surface area contributed by atoms with E-state index in [1.165, 1.54) is 0 Å². The van der Waals surface area contributed by atoms with E-state index >= 15 is 0 Å². The molecule has 1 unspecified atom stereocenters. The molecule has 0 aliphatic carbocycles. The lowest BCUT2D eigenvalue weighted by Crippen LogP contribution is -2.22. The predicted octanol–water partition coefficient (Wildman–Crippen LogP) is 3.12. The molecule has 1 N–H and O–H groups in total. The normalized spacial score (nSPS) is 14.9. The first-order valence-corrected chi connectivity index (χ1v) is 7.20. The smallest absolute Gasteiger partial charge is 0.267 e. The Hall–Kier alpha value is -0.0900. The van der Waals surface area contributed by atoms with Gasteiger partial charge < -0.3 is 0 Å². The second-order valence-electron chi connectivity index (χ2n) is 5.09. The first-order chi connectivity index (χ1) is 6.73. The number of hydrogen-bond donors (Lipinski definition) is 1. The van der Waals surface area contributed by atoms with E-state index in [4.69, 9.17) is 4.55 Å². The van der Waals surface area contributed by atoms with Crippen molar-refractivity contribution in [2.75, 3.05) is 0 Å². The third-order valence-corrected chi connectivity index (χ3v) is 3.73. The van der Waals surface area contributed by atoms with E-state index in [0.29, 0.717) is 24.7 Å². The van der Waals surface area contributed by atoms with Crippen molar-refractivity contribution in [3.05, 3.63) is 0 Å². The van der Waals surface area contributed by atoms with Gasteiger partial charge in [0.25, 0.3) is 10.1 Å². The lowest BCUT2D eigenvalue weighted by atomic mass is 10.0. The molecule has 0 saturated carbocycles. The lowest BCUT2D eigenvalue weighted by molar-refractivity contribution is 0.424. The third kappa shape index (κ3) is 7.79. The van der Waals surface area contributed by atoms with Crippen molar-refractivity contribution in [3.8, 4) is 0 Å². The van der Waals surface area contributed by atoms with Crippen LogP contribution in [0.15, 0.2) is 0 Å². The summed E-state index contributed by atoms with van der Waals surface area (Å²) in [5.74, 6) is 0.891. The van der Waals surface area contributed by atoms with Crippen LogP contribution in [0, 0.1) is 11.8 Å². The average molecular weight is 236 g/mol. The minimum Gasteiger partial charge on any atom is -0.285 e. The molecule has 1 atom stereocenters. The van der Waals surface area contributed by atoms with Crippen LogP contribution in [-0.4, -0.2) is 18.2 Å². The van der Waals surface area contributed by atoms with E-state index in [0.717, 1.165) is 12.8 Å². The van der Waals surface area contributed by atoms with E-state index in [-0.39, 0.29) is 0 Å². The van der Waals surface area contributed by atoms with Crippen LogP contribution in [0.1, 0.15) is 53.4 Å². The summed E-state index contributed by atoms with van der Waals surface area (Å²) in [6.45, 7) is 8.18. The zero-order valence-corrected chi connectivity index (χ0v) is 11.0. The molecule has 92 valence electrons. The highest BCUT2D eigenvalue weighted by Crippen LogP contribution is 2.19. The highest BCUT2D eigenvalue weighted by atomic mass is 32.2. The van der Waals surface area contributed by atoms with Crippen LogP contribution < -0.4 is 0 Å². The molecule has 0 amide bonds. The van der Waals surface area contributed by atoms with Gasteiger partial charge >= 0.3 is 0 Å². The maximum absolute atomic E-state index is 11.1. The molecule has 4 heteroatoms. The molecule has 0 fully saturated rings. The first kappa shape index (κ1) is 14.9. The molecule has 0 aromatic heterocycles. The molecule has 0 saturated heterocycles. The van der Waals surface area contributed by atoms with Crippen molar-refractivity contribution in [1.29, 1.82) is 0 Å². The highest BCUT2D eigenvalue weighted by molar-refractivity contribution is 7.86. The third-order valence-electron chi connectivity index (χ3n) is 2.46. The van der Waals surface area contributed by atoms with Crippen LogP contribution in [0.5, 0.6) is 0 Å². The van der Waals surface area contributed by atoms with Crippen molar-refractivity contribution in [2.45, 2.75) is 58.6 Å². The summed E-state index contributed by atoms with van der Waals surface area (Å²) >= 11 is 0. The van der Waals surface area contributed by atoms with E-state index in [1.54, 1.807) is 0 Å². The molecule has 0 rings (SSSR count). The molecule has 0 heterocycles. The summed E-state index contributed by atoms with van der Waals surface area (Å²) in [6.07, 6.45) is 3.02. The Morgan fingerprint density at radius 1 is 1.00 bits per heavy atom. The standard InChI is InChI=1S/C11H24O3S/c1-9(2)6-5-7-11(8-10(3)4)15(12,13)14/h9-11H,5-8H2,1-4H3,(H,12,13,14). The van der Waals surface area contributed by atoms with Gasteiger partial charge in [0.1, 0.15) is 0 Å². The van der Waals surface area contributed by atoms with E-state index in [9.17, 15) is 8.42 Å². The van der Waals surface area contributed by atoms with Crippen LogP contribution >= 0.6 is 0 Å². The van der Waals surface area contributed by atoms with Crippen LogP contribution in [0.25, 0.3) is 0 Å². The Morgan fingerprint density at radius 2 is 1.53 bits per heavy atom. The summed E-state index contributed by atoms with van der Waals surface area (Å²) in [5.41, 5.74) is 0. The number of hydrogen-bond acceptors (Lipinski definition) is 2. The van der Waals surface area contributed by atoms with Crippen molar-refractivity contribution < 1.29 is 13.0 Å². The molecule has 0 bridgehead atoms. The van der Waals surface area contributed by atoms with Gasteiger partial charge in [0.15, 0.2) is 0 Å². The summed E-state index contributed by atoms with van der Waals surface area (Å²) in [5, 5.41) is -0.573. The maximum atomic E-state index is 11.1. The predicted molar refractivity (Wildman–Crippen MR) is 63.5 cm³/mol. The van der Waals surface area contributed by atoms with Crippen molar-refractivity contribution in [2.24, 2.45) is 11.8 Å². The molecular weight excluding hydrogens is 212 g/mol. The van der Waals surface area contributed by atoms with E-state index < -0.39 is 15.4 Å². The minimum absolute atomic E-state index is 0.302. The zero-order chi connectivity index (χ0) is 12.1. The fraction of sp³-hybridized carbons (Fsp3) is 1.00. The molecule has 0 spiro atoms. The monoisotopic (exact) mass is 236 g/mol. The highest BCUT2D eigenvalue weighted by Gasteiger charge is 2.23. The minimum atomic E-state index is -3.86. The average Bonchev–Trinajstić information content (AvgIpc) is 1.99. The van der Waals surface area contributed by atoms with Gasteiger partial charge in [-0.3, -0.25) is 4.55 Å². The second-order valence-corrected chi connectivity index (χ2v) is 6.79. The Bertz CT molecular complexity index is 255. The molecule has 0 aliphatic heterocycles. The van der Waals surface area contributed by atoms with Crippen molar-refractivity contribution in [1.82, 2.24) is 0 Å². The summed E-state index contributed by atoms with van der Waals surface area (Å²) in [4.78, 5) is 0. The number of rotatable bonds is 7. The first-order valence-electron chi connectivity index (χ1n) is 5.69. The van der Waals surface area contributed by atoms with Gasteiger partial charge in [0.05, 0.1) is 5.25 Å². The lowest BCUT2D eigenvalue weighted by Gasteiger charge is -2.16. The van der Waals surface area contributed by atoms with E-state index in [1.807, 2.05) is 13.8 Å². The van der Waals surface area contributed by atoms with E-state index in [2.05, 4.69) is 13.8 Å². The van der Waals surface area contributed by atoms with Gasteiger partial charge in [-0.2, -0.15) is 8.42 Å². The van der Waals surface area contributed by atoms with Gasteiger partial charge in [0, 0.05) is 0 Å². The van der Waals surface area contributed by atoms with Crippen LogP contribution in [0.2, 0.25) is 0 Å². The summed E-state index contributed by atoms with van der Waals surface area (Å²) in [7, 11) is -3.86. The molecule has 0 aromatic rings. The van der Waals surface area contributed by atoms with Crippen molar-refractivity contribution >= 4 is 10.1 Å². The summed E-state index contributed by atoms with van der Waals surface area (Å²) < 4.78 is 31.3. The topological polar surface area (TPSA) is 54.4 Å². The molecule has 3 nitrogen and oxygen atoms in total.